The number of carbonyl (C=O) groups excluding carboxylic acids is 1. The zero-order chi connectivity index (χ0) is 15.8. The first kappa shape index (κ1) is 16.1. The van der Waals surface area contributed by atoms with Gasteiger partial charge in [0.25, 0.3) is 0 Å². The van der Waals surface area contributed by atoms with E-state index in [-0.39, 0.29) is 11.9 Å². The van der Waals surface area contributed by atoms with Gasteiger partial charge in [-0.3, -0.25) is 14.5 Å². The van der Waals surface area contributed by atoms with Gasteiger partial charge in [-0.05, 0) is 37.5 Å². The van der Waals surface area contributed by atoms with Gasteiger partial charge in [0.05, 0.1) is 0 Å². The number of carbonyl (C=O) groups is 1. The van der Waals surface area contributed by atoms with E-state index in [1.807, 2.05) is 17.0 Å². The maximum atomic E-state index is 12.5. The summed E-state index contributed by atoms with van der Waals surface area (Å²) in [4.78, 5) is 22.4. The van der Waals surface area contributed by atoms with Crippen molar-refractivity contribution in [1.29, 1.82) is 0 Å². The smallest absolute Gasteiger partial charge is 0.223 e. The zero-order valence-electron chi connectivity index (χ0n) is 13.2. The van der Waals surface area contributed by atoms with E-state index in [2.05, 4.69) is 28.9 Å². The van der Waals surface area contributed by atoms with E-state index in [0.717, 1.165) is 24.9 Å². The molecule has 22 heavy (non-hydrogen) atoms. The predicted molar refractivity (Wildman–Crippen MR) is 83.8 cm³/mol. The molecule has 0 N–H and O–H groups in total. The Morgan fingerprint density at radius 2 is 2.09 bits per heavy atom. The quantitative estimate of drug-likeness (QED) is 0.750. The highest BCUT2D eigenvalue weighted by Gasteiger charge is 2.18. The van der Waals surface area contributed by atoms with Gasteiger partial charge in [-0.25, -0.2) is 4.98 Å². The Labute approximate surface area is 131 Å². The van der Waals surface area contributed by atoms with Crippen LogP contribution in [-0.2, 0) is 17.9 Å². The summed E-state index contributed by atoms with van der Waals surface area (Å²) in [5.74, 6) is 0.186. The number of hydrogen-bond acceptors (Lipinski definition) is 4. The lowest BCUT2D eigenvalue weighted by Crippen LogP contribution is -2.37. The Morgan fingerprint density at radius 1 is 1.32 bits per heavy atom. The fourth-order valence-electron chi connectivity index (χ4n) is 2.28. The second kappa shape index (κ2) is 8.26. The summed E-state index contributed by atoms with van der Waals surface area (Å²) >= 11 is 0. The molecule has 0 aliphatic rings. The molecule has 1 unspecified atom stereocenters. The maximum Gasteiger partial charge on any atom is 0.223 e. The van der Waals surface area contributed by atoms with Crippen molar-refractivity contribution in [2.24, 2.45) is 0 Å². The second-order valence-corrected chi connectivity index (χ2v) is 5.40. The zero-order valence-corrected chi connectivity index (χ0v) is 13.2. The minimum Gasteiger partial charge on any atom is -0.336 e. The van der Waals surface area contributed by atoms with Gasteiger partial charge in [0, 0.05) is 37.9 Å². The Kier molecular flexibility index (Phi) is 6.06. The lowest BCUT2D eigenvalue weighted by Gasteiger charge is -2.29. The van der Waals surface area contributed by atoms with E-state index in [1.165, 1.54) is 6.33 Å². The molecule has 2 aromatic heterocycles. The topological polar surface area (TPSA) is 63.9 Å². The third-order valence-electron chi connectivity index (χ3n) is 3.79. The Balaban J connectivity index is 1.91. The fourth-order valence-corrected chi connectivity index (χ4v) is 2.28. The van der Waals surface area contributed by atoms with Gasteiger partial charge in [0.1, 0.15) is 12.7 Å². The molecular weight excluding hydrogens is 278 g/mol. The Hall–Kier alpha value is -2.24. The molecule has 6 heteroatoms. The molecule has 0 aliphatic heterocycles. The van der Waals surface area contributed by atoms with E-state index in [9.17, 15) is 4.79 Å². The lowest BCUT2D eigenvalue weighted by atomic mass is 10.1. The van der Waals surface area contributed by atoms with Crippen molar-refractivity contribution >= 4 is 5.91 Å². The van der Waals surface area contributed by atoms with Crippen LogP contribution in [0.25, 0.3) is 0 Å². The third kappa shape index (κ3) is 4.65. The first-order chi connectivity index (χ1) is 10.7. The van der Waals surface area contributed by atoms with Crippen molar-refractivity contribution in [3.8, 4) is 0 Å². The van der Waals surface area contributed by atoms with Crippen LogP contribution < -0.4 is 0 Å². The van der Waals surface area contributed by atoms with Crippen molar-refractivity contribution < 1.29 is 4.79 Å². The minimum atomic E-state index is 0.186. The average Bonchev–Trinajstić information content (AvgIpc) is 3.06. The van der Waals surface area contributed by atoms with E-state index in [1.54, 1.807) is 23.4 Å². The molecule has 0 aromatic carbocycles. The second-order valence-electron chi connectivity index (χ2n) is 5.40. The van der Waals surface area contributed by atoms with Gasteiger partial charge in [0.2, 0.25) is 5.91 Å². The number of aromatic nitrogens is 4. The molecule has 6 nitrogen and oxygen atoms in total. The first-order valence-electron chi connectivity index (χ1n) is 7.71. The molecule has 0 saturated heterocycles. The Bertz CT molecular complexity index is 555. The van der Waals surface area contributed by atoms with Gasteiger partial charge < -0.3 is 4.90 Å². The first-order valence-corrected chi connectivity index (χ1v) is 7.71. The summed E-state index contributed by atoms with van der Waals surface area (Å²) in [6.07, 6.45) is 8.95. The monoisotopic (exact) mass is 301 g/mol. The number of aryl methyl sites for hydroxylation is 1. The predicted octanol–water partition coefficient (Wildman–Crippen LogP) is 2.28. The molecule has 2 rings (SSSR count). The summed E-state index contributed by atoms with van der Waals surface area (Å²) in [5.41, 5.74) is 1.11. The minimum absolute atomic E-state index is 0.186. The summed E-state index contributed by atoms with van der Waals surface area (Å²) in [7, 11) is 0. The molecule has 2 aromatic rings. The van der Waals surface area contributed by atoms with Crippen LogP contribution in [0.3, 0.4) is 0 Å². The van der Waals surface area contributed by atoms with Gasteiger partial charge in [-0.2, -0.15) is 5.10 Å². The number of pyridine rings is 1. The van der Waals surface area contributed by atoms with Crippen LogP contribution in [0.4, 0.5) is 0 Å². The molecule has 0 spiro atoms. The van der Waals surface area contributed by atoms with E-state index >= 15 is 0 Å². The molecular formula is C16H23N5O. The van der Waals surface area contributed by atoms with Crippen LogP contribution >= 0.6 is 0 Å². The Morgan fingerprint density at radius 3 is 2.73 bits per heavy atom. The average molecular weight is 301 g/mol. The highest BCUT2D eigenvalue weighted by molar-refractivity contribution is 5.76. The van der Waals surface area contributed by atoms with E-state index in [4.69, 9.17) is 0 Å². The molecule has 2 heterocycles. The van der Waals surface area contributed by atoms with Crippen molar-refractivity contribution in [3.05, 3.63) is 42.7 Å². The van der Waals surface area contributed by atoms with Crippen molar-refractivity contribution in [2.75, 3.05) is 0 Å². The summed E-state index contributed by atoms with van der Waals surface area (Å²) in [6.45, 7) is 5.55. The molecule has 0 radical (unpaired) electrons. The highest BCUT2D eigenvalue weighted by Crippen LogP contribution is 2.13. The number of rotatable bonds is 8. The van der Waals surface area contributed by atoms with Gasteiger partial charge in [-0.1, -0.05) is 6.92 Å². The molecule has 0 fully saturated rings. The summed E-state index contributed by atoms with van der Waals surface area (Å²) < 4.78 is 1.75. The molecule has 118 valence electrons. The van der Waals surface area contributed by atoms with Gasteiger partial charge in [0.15, 0.2) is 0 Å². The number of nitrogens with zero attached hydrogens (tertiary/aromatic N) is 5. The normalized spacial score (nSPS) is 12.1. The standard InChI is InChI=1S/C16H23N5O/c1-3-14(2)21(11-15-6-8-17-9-7-15)16(22)5-4-10-20-13-18-12-19-20/h6-9,12-14H,3-5,10-11H2,1-2H3. The largest absolute Gasteiger partial charge is 0.336 e. The lowest BCUT2D eigenvalue weighted by molar-refractivity contribution is -0.134. The van der Waals surface area contributed by atoms with Crippen LogP contribution in [0.2, 0.25) is 0 Å². The van der Waals surface area contributed by atoms with Crippen LogP contribution in [0.1, 0.15) is 38.7 Å². The maximum absolute atomic E-state index is 12.5. The van der Waals surface area contributed by atoms with Crippen LogP contribution in [0.5, 0.6) is 0 Å². The summed E-state index contributed by atoms with van der Waals surface area (Å²) in [5, 5.41) is 4.05. The van der Waals surface area contributed by atoms with Crippen molar-refractivity contribution in [1.82, 2.24) is 24.6 Å². The SMILES string of the molecule is CCC(C)N(Cc1ccncc1)C(=O)CCCn1cncn1. The molecule has 0 aliphatic carbocycles. The molecule has 0 saturated carbocycles. The highest BCUT2D eigenvalue weighted by atomic mass is 16.2. The number of amides is 1. The van der Waals surface area contributed by atoms with E-state index in [0.29, 0.717) is 13.0 Å². The number of hydrogen-bond donors (Lipinski definition) is 0. The van der Waals surface area contributed by atoms with Crippen LogP contribution in [-0.4, -0.2) is 36.6 Å². The van der Waals surface area contributed by atoms with Crippen molar-refractivity contribution in [3.63, 3.8) is 0 Å². The molecule has 0 bridgehead atoms. The fraction of sp³-hybridized carbons (Fsp3) is 0.500. The van der Waals surface area contributed by atoms with Crippen molar-refractivity contribution in [2.45, 2.75) is 52.2 Å². The third-order valence-corrected chi connectivity index (χ3v) is 3.79. The van der Waals surface area contributed by atoms with Gasteiger partial charge in [-0.15, -0.1) is 0 Å². The van der Waals surface area contributed by atoms with Crippen LogP contribution in [0.15, 0.2) is 37.2 Å². The van der Waals surface area contributed by atoms with Gasteiger partial charge >= 0.3 is 0 Å². The molecule has 1 atom stereocenters. The van der Waals surface area contributed by atoms with Crippen LogP contribution in [0, 0.1) is 0 Å². The summed E-state index contributed by atoms with van der Waals surface area (Å²) in [6, 6.07) is 4.14. The van der Waals surface area contributed by atoms with E-state index < -0.39 is 0 Å². The molecule has 1 amide bonds.